The molecular formula is C30H32FN3O. The van der Waals surface area contributed by atoms with E-state index in [0.717, 1.165) is 31.4 Å². The highest BCUT2D eigenvalue weighted by atomic mass is 19.1. The first-order valence-electron chi connectivity index (χ1n) is 12.8. The third-order valence-corrected chi connectivity index (χ3v) is 8.68. The second-order valence-electron chi connectivity index (χ2n) is 10.8. The Bertz CT molecular complexity index is 1210. The third kappa shape index (κ3) is 3.96. The number of nitrogens with zero attached hydrogens (tertiary/aromatic N) is 2. The van der Waals surface area contributed by atoms with Crippen LogP contribution in [0, 0.1) is 11.2 Å². The summed E-state index contributed by atoms with van der Waals surface area (Å²) in [5.41, 5.74) is 3.37. The van der Waals surface area contributed by atoms with Crippen molar-refractivity contribution in [3.63, 3.8) is 0 Å². The van der Waals surface area contributed by atoms with Crippen molar-refractivity contribution in [1.82, 2.24) is 15.2 Å². The number of hydrogen-bond donors (Lipinski definition) is 1. The standard InChI is InChI=1S/C30H32FN3O/c1-30-18-25-26(16-20-8-3-2-4-9-20)34(28(30)13-7-12-27(30)33-25)29(35)22-14-15-23(32-19-22)17-21-10-5-6-11-24(21)31/h2-6,8-11,14-15,19,25-28,33H,7,12-13,16-18H2,1H3/t25-,26-,27-,28+,30-/m0/s1. The number of amides is 1. The second kappa shape index (κ2) is 8.87. The number of piperidine rings is 1. The molecule has 1 aliphatic carbocycles. The van der Waals surface area contributed by atoms with Gasteiger partial charge in [0, 0.05) is 41.9 Å². The van der Waals surface area contributed by atoms with Gasteiger partial charge in [0.05, 0.1) is 11.6 Å². The SMILES string of the molecule is C[C@]12C[C@@H]3N[C@H]1CCC[C@H]2N(C(=O)c1ccc(Cc2ccccc2F)nc1)[C@H]3Cc1ccccc1. The van der Waals surface area contributed by atoms with Crippen LogP contribution in [0.25, 0.3) is 0 Å². The van der Waals surface area contributed by atoms with Gasteiger partial charge >= 0.3 is 0 Å². The highest BCUT2D eigenvalue weighted by Crippen LogP contribution is 2.52. The molecule has 1 N–H and O–H groups in total. The van der Waals surface area contributed by atoms with Crippen molar-refractivity contribution in [2.75, 3.05) is 0 Å². The largest absolute Gasteiger partial charge is 0.330 e. The summed E-state index contributed by atoms with van der Waals surface area (Å²) in [5, 5.41) is 3.93. The van der Waals surface area contributed by atoms with Crippen LogP contribution in [0.15, 0.2) is 72.9 Å². The lowest BCUT2D eigenvalue weighted by molar-refractivity contribution is -0.0111. The lowest BCUT2D eigenvalue weighted by Gasteiger charge is -2.53. The molecule has 2 aliphatic heterocycles. The Balaban J connectivity index is 1.30. The molecular weight excluding hydrogens is 437 g/mol. The number of fused-ring (bicyclic) bond motifs is 1. The normalized spacial score (nSPS) is 29.3. The smallest absolute Gasteiger partial charge is 0.256 e. The van der Waals surface area contributed by atoms with Crippen LogP contribution in [0.3, 0.4) is 0 Å². The van der Waals surface area contributed by atoms with E-state index in [1.807, 2.05) is 24.3 Å². The molecule has 5 heteroatoms. The van der Waals surface area contributed by atoms with Crippen LogP contribution in [-0.4, -0.2) is 40.0 Å². The molecule has 0 radical (unpaired) electrons. The van der Waals surface area contributed by atoms with Gasteiger partial charge in [-0.1, -0.05) is 55.5 Å². The molecule has 0 unspecified atom stereocenters. The topological polar surface area (TPSA) is 45.2 Å². The zero-order valence-corrected chi connectivity index (χ0v) is 20.2. The number of nitrogens with one attached hydrogen (secondary N) is 1. The van der Waals surface area contributed by atoms with Crippen molar-refractivity contribution >= 4 is 5.91 Å². The molecule has 3 heterocycles. The molecule has 6 rings (SSSR count). The van der Waals surface area contributed by atoms with Gasteiger partial charge in [0.25, 0.3) is 5.91 Å². The fourth-order valence-corrected chi connectivity index (χ4v) is 6.91. The van der Waals surface area contributed by atoms with Crippen LogP contribution in [0.5, 0.6) is 0 Å². The number of likely N-dealkylation sites (tertiary alicyclic amines) is 1. The van der Waals surface area contributed by atoms with E-state index in [4.69, 9.17) is 0 Å². The fraction of sp³-hybridized carbons (Fsp3) is 0.400. The first kappa shape index (κ1) is 22.4. The Kier molecular flexibility index (Phi) is 5.68. The molecule has 3 fully saturated rings. The van der Waals surface area contributed by atoms with Crippen LogP contribution in [0.2, 0.25) is 0 Å². The van der Waals surface area contributed by atoms with Crippen LogP contribution < -0.4 is 5.32 Å². The summed E-state index contributed by atoms with van der Waals surface area (Å²) >= 11 is 0. The van der Waals surface area contributed by atoms with Gasteiger partial charge in [0.2, 0.25) is 0 Å². The molecule has 35 heavy (non-hydrogen) atoms. The molecule has 1 amide bonds. The van der Waals surface area contributed by atoms with Gasteiger partial charge in [-0.15, -0.1) is 0 Å². The van der Waals surface area contributed by atoms with Gasteiger partial charge in [0.15, 0.2) is 0 Å². The van der Waals surface area contributed by atoms with Crippen LogP contribution in [0.4, 0.5) is 4.39 Å². The Labute approximate surface area is 206 Å². The number of aromatic nitrogens is 1. The average Bonchev–Trinajstić information content (AvgIpc) is 3.23. The van der Waals surface area contributed by atoms with E-state index >= 15 is 0 Å². The summed E-state index contributed by atoms with van der Waals surface area (Å²) in [4.78, 5) is 20.9. The Morgan fingerprint density at radius 3 is 2.66 bits per heavy atom. The maximum Gasteiger partial charge on any atom is 0.256 e. The summed E-state index contributed by atoms with van der Waals surface area (Å²) < 4.78 is 14.1. The zero-order valence-electron chi connectivity index (χ0n) is 20.2. The molecule has 2 saturated heterocycles. The maximum atomic E-state index is 14.1. The molecule has 3 aliphatic rings. The van der Waals surface area contributed by atoms with Gasteiger partial charge in [-0.2, -0.15) is 0 Å². The third-order valence-electron chi connectivity index (χ3n) is 8.68. The van der Waals surface area contributed by atoms with E-state index in [-0.39, 0.29) is 29.2 Å². The van der Waals surface area contributed by atoms with Crippen molar-refractivity contribution in [2.24, 2.45) is 5.41 Å². The van der Waals surface area contributed by atoms with Crippen molar-refractivity contribution in [2.45, 2.75) is 69.6 Å². The number of hydrogen-bond acceptors (Lipinski definition) is 3. The van der Waals surface area contributed by atoms with Gasteiger partial charge in [-0.05, 0) is 61.4 Å². The molecule has 4 nitrogen and oxygen atoms in total. The molecule has 0 spiro atoms. The quantitative estimate of drug-likeness (QED) is 0.561. The number of benzene rings is 2. The molecule has 180 valence electrons. The zero-order chi connectivity index (χ0) is 24.0. The molecule has 5 atom stereocenters. The summed E-state index contributed by atoms with van der Waals surface area (Å²) in [6.45, 7) is 2.38. The Hall–Kier alpha value is -3.05. The number of halogens is 1. The first-order chi connectivity index (χ1) is 17.0. The number of carbonyl (C=O) groups excluding carboxylic acids is 1. The van der Waals surface area contributed by atoms with Crippen LogP contribution >= 0.6 is 0 Å². The molecule has 1 saturated carbocycles. The molecule has 3 aromatic rings. The second-order valence-corrected chi connectivity index (χ2v) is 10.8. The van der Waals surface area contributed by atoms with Gasteiger partial charge in [0.1, 0.15) is 5.82 Å². The summed E-state index contributed by atoms with van der Waals surface area (Å²) in [6.07, 6.45) is 7.46. The lowest BCUT2D eigenvalue weighted by Crippen LogP contribution is -2.62. The highest BCUT2D eigenvalue weighted by Gasteiger charge is 2.60. The Morgan fingerprint density at radius 2 is 1.89 bits per heavy atom. The van der Waals surface area contributed by atoms with Crippen molar-refractivity contribution in [1.29, 1.82) is 0 Å². The van der Waals surface area contributed by atoms with E-state index < -0.39 is 0 Å². The van der Waals surface area contributed by atoms with E-state index in [0.29, 0.717) is 29.6 Å². The van der Waals surface area contributed by atoms with E-state index in [1.165, 1.54) is 18.1 Å². The first-order valence-corrected chi connectivity index (χ1v) is 12.8. The van der Waals surface area contributed by atoms with E-state index in [9.17, 15) is 9.18 Å². The number of pyridine rings is 1. The number of rotatable bonds is 5. The minimum atomic E-state index is -0.227. The minimum absolute atomic E-state index is 0.0705. The molecule has 2 aromatic carbocycles. The predicted molar refractivity (Wildman–Crippen MR) is 135 cm³/mol. The van der Waals surface area contributed by atoms with Crippen LogP contribution in [-0.2, 0) is 12.8 Å². The summed E-state index contributed by atoms with van der Waals surface area (Å²) in [7, 11) is 0. The maximum absolute atomic E-state index is 14.1. The lowest BCUT2D eigenvalue weighted by atomic mass is 9.64. The summed E-state index contributed by atoms with van der Waals surface area (Å²) in [6, 6.07) is 22.2. The van der Waals surface area contributed by atoms with Gasteiger partial charge < -0.3 is 10.2 Å². The van der Waals surface area contributed by atoms with Crippen LogP contribution in [0.1, 0.15) is 59.8 Å². The van der Waals surface area contributed by atoms with Crippen molar-refractivity contribution in [3.05, 3.63) is 101 Å². The molecule has 1 aromatic heterocycles. The van der Waals surface area contributed by atoms with E-state index in [2.05, 4.69) is 46.4 Å². The van der Waals surface area contributed by atoms with Crippen molar-refractivity contribution in [3.8, 4) is 0 Å². The van der Waals surface area contributed by atoms with E-state index in [1.54, 1.807) is 18.3 Å². The Morgan fingerprint density at radius 1 is 1.09 bits per heavy atom. The van der Waals surface area contributed by atoms with Gasteiger partial charge in [-0.3, -0.25) is 9.78 Å². The average molecular weight is 470 g/mol. The monoisotopic (exact) mass is 469 g/mol. The summed E-state index contributed by atoms with van der Waals surface area (Å²) in [5.74, 6) is -0.157. The van der Waals surface area contributed by atoms with Crippen molar-refractivity contribution < 1.29 is 9.18 Å². The fourth-order valence-electron chi connectivity index (χ4n) is 6.91. The number of carbonyl (C=O) groups is 1. The molecule has 2 bridgehead atoms. The highest BCUT2D eigenvalue weighted by molar-refractivity contribution is 5.94. The predicted octanol–water partition coefficient (Wildman–Crippen LogP) is 5.17. The van der Waals surface area contributed by atoms with Gasteiger partial charge in [-0.25, -0.2) is 4.39 Å². The minimum Gasteiger partial charge on any atom is -0.330 e.